The molecule has 1 atom stereocenters. The number of halogens is 2. The first-order valence-corrected chi connectivity index (χ1v) is 17.5. The number of esters is 1. The van der Waals surface area contributed by atoms with Gasteiger partial charge in [-0.05, 0) is 43.0 Å². The van der Waals surface area contributed by atoms with Gasteiger partial charge in [0, 0.05) is 29.2 Å². The van der Waals surface area contributed by atoms with Gasteiger partial charge in [-0.3, -0.25) is 0 Å². The molecule has 228 valence electrons. The van der Waals surface area contributed by atoms with Gasteiger partial charge >= 0.3 is 5.97 Å². The number of aliphatic hydroxyl groups is 1. The topological polar surface area (TPSA) is 55.8 Å². The fourth-order valence-electron chi connectivity index (χ4n) is 4.70. The van der Waals surface area contributed by atoms with Crippen LogP contribution in [0.3, 0.4) is 0 Å². The highest BCUT2D eigenvalue weighted by Gasteiger charge is 2.23. The summed E-state index contributed by atoms with van der Waals surface area (Å²) in [6.45, 7) is 12.4. The number of aliphatic hydroxyl groups excluding tert-OH is 1. The first-order valence-electron chi connectivity index (χ1n) is 14.3. The van der Waals surface area contributed by atoms with E-state index in [1.165, 1.54) is 24.1 Å². The van der Waals surface area contributed by atoms with Crippen LogP contribution in [-0.2, 0) is 9.53 Å². The predicted molar refractivity (Wildman–Crippen MR) is 172 cm³/mol. The summed E-state index contributed by atoms with van der Waals surface area (Å²) in [6, 6.07) is 19.3. The summed E-state index contributed by atoms with van der Waals surface area (Å²) in [5, 5.41) is 10.8. The Labute approximate surface area is 251 Å². The molecular formula is C35H46F2O4Si. The van der Waals surface area contributed by atoms with Crippen molar-refractivity contribution >= 4 is 19.2 Å². The zero-order valence-corrected chi connectivity index (χ0v) is 25.6. The average Bonchev–Trinajstić information content (AvgIpc) is 2.97. The fourth-order valence-corrected chi connectivity index (χ4v) is 7.29. The third kappa shape index (κ3) is 9.36. The van der Waals surface area contributed by atoms with Crippen molar-refractivity contribution in [1.29, 1.82) is 0 Å². The van der Waals surface area contributed by atoms with E-state index < -0.39 is 25.7 Å². The molecule has 3 rings (SSSR count). The lowest BCUT2D eigenvalue weighted by molar-refractivity contribution is -0.140. The number of hydrogen-bond donors (Lipinski definition) is 1. The highest BCUT2D eigenvalue weighted by molar-refractivity contribution is 6.89. The summed E-state index contributed by atoms with van der Waals surface area (Å²) in [5.74, 6) is -1.78. The lowest BCUT2D eigenvalue weighted by Crippen LogP contribution is -2.40. The largest absolute Gasteiger partial charge is 0.494 e. The molecule has 0 aliphatic heterocycles. The maximum atomic E-state index is 15.2. The van der Waals surface area contributed by atoms with E-state index in [2.05, 4.69) is 38.7 Å². The second-order valence-corrected chi connectivity index (χ2v) is 16.1. The molecule has 42 heavy (non-hydrogen) atoms. The smallest absolute Gasteiger partial charge is 0.333 e. The van der Waals surface area contributed by atoms with Crippen molar-refractivity contribution in [3.8, 4) is 28.0 Å². The summed E-state index contributed by atoms with van der Waals surface area (Å²) in [6.07, 6.45) is 3.65. The summed E-state index contributed by atoms with van der Waals surface area (Å²) >= 11 is 0. The zero-order valence-electron chi connectivity index (χ0n) is 24.6. The van der Waals surface area contributed by atoms with Gasteiger partial charge in [0.1, 0.15) is 5.75 Å². The van der Waals surface area contributed by atoms with Gasteiger partial charge in [0.15, 0.2) is 11.6 Å². The molecule has 0 aromatic heterocycles. The number of hydrogen-bond acceptors (Lipinski definition) is 4. The van der Waals surface area contributed by atoms with Crippen LogP contribution in [0.15, 0.2) is 72.8 Å². The number of benzene rings is 3. The highest BCUT2D eigenvalue weighted by atomic mass is 28.3. The van der Waals surface area contributed by atoms with Gasteiger partial charge in [-0.1, -0.05) is 107 Å². The van der Waals surface area contributed by atoms with Crippen molar-refractivity contribution in [2.75, 3.05) is 19.8 Å². The molecule has 1 unspecified atom stereocenters. The number of unbranched alkanes of at least 4 members (excludes halogenated alkanes) is 1. The van der Waals surface area contributed by atoms with Crippen LogP contribution in [0.1, 0.15) is 47.0 Å². The van der Waals surface area contributed by atoms with Gasteiger partial charge in [0.2, 0.25) is 0 Å². The van der Waals surface area contributed by atoms with E-state index in [1.807, 2.05) is 12.1 Å². The van der Waals surface area contributed by atoms with E-state index in [0.717, 1.165) is 0 Å². The van der Waals surface area contributed by atoms with Gasteiger partial charge in [-0.2, -0.15) is 0 Å². The standard InChI is InChI=1S/C34H42F2O4Si.CH4/c1-6-7-21-41(4,5)29-16-12-27(13-17-29)31-19-18-30(32(35)33(31)36)26-10-14-28(15-11-26)39-20-8-9-25(22-37)23-40-34(38)24(2)3;/h10-19,25,37H,2,6-9,20-23H2,1,3-5H3;1H4. The number of carbonyl (C=O) groups excluding carboxylic acids is 1. The van der Waals surface area contributed by atoms with E-state index in [4.69, 9.17) is 9.47 Å². The van der Waals surface area contributed by atoms with E-state index in [0.29, 0.717) is 41.9 Å². The van der Waals surface area contributed by atoms with Crippen LogP contribution >= 0.6 is 0 Å². The van der Waals surface area contributed by atoms with Crippen LogP contribution in [0.25, 0.3) is 22.3 Å². The molecule has 7 heteroatoms. The molecular weight excluding hydrogens is 550 g/mol. The lowest BCUT2D eigenvalue weighted by atomic mass is 9.99. The van der Waals surface area contributed by atoms with Gasteiger partial charge in [0.25, 0.3) is 0 Å². The fraction of sp³-hybridized carbons (Fsp3) is 0.400. The van der Waals surface area contributed by atoms with Crippen molar-refractivity contribution < 1.29 is 28.2 Å². The van der Waals surface area contributed by atoms with Crippen molar-refractivity contribution in [3.05, 3.63) is 84.5 Å². The van der Waals surface area contributed by atoms with Crippen LogP contribution in [0.4, 0.5) is 8.78 Å². The Morgan fingerprint density at radius 2 is 1.48 bits per heavy atom. The Morgan fingerprint density at radius 3 is 1.98 bits per heavy atom. The molecule has 0 saturated carbocycles. The monoisotopic (exact) mass is 596 g/mol. The van der Waals surface area contributed by atoms with Crippen molar-refractivity contribution in [2.24, 2.45) is 5.92 Å². The Balaban J connectivity index is 0.00000616. The molecule has 0 bridgehead atoms. The van der Waals surface area contributed by atoms with Crippen LogP contribution < -0.4 is 9.92 Å². The number of rotatable bonds is 15. The molecule has 4 nitrogen and oxygen atoms in total. The molecule has 3 aromatic rings. The highest BCUT2D eigenvalue weighted by Crippen LogP contribution is 2.32. The molecule has 0 saturated heterocycles. The molecule has 0 amide bonds. The van der Waals surface area contributed by atoms with Gasteiger partial charge in [0.05, 0.1) is 21.3 Å². The maximum absolute atomic E-state index is 15.2. The lowest BCUT2D eigenvalue weighted by Gasteiger charge is -2.23. The molecule has 3 aromatic carbocycles. The summed E-state index contributed by atoms with van der Waals surface area (Å²) in [4.78, 5) is 11.5. The molecule has 0 radical (unpaired) electrons. The van der Waals surface area contributed by atoms with Crippen molar-refractivity contribution in [1.82, 2.24) is 0 Å². The normalized spacial score (nSPS) is 11.9. The zero-order chi connectivity index (χ0) is 30.0. The molecule has 0 heterocycles. The minimum absolute atomic E-state index is 0. The van der Waals surface area contributed by atoms with E-state index in [9.17, 15) is 9.90 Å². The van der Waals surface area contributed by atoms with Gasteiger partial charge < -0.3 is 14.6 Å². The Kier molecular flexibility index (Phi) is 13.6. The first kappa shape index (κ1) is 34.9. The number of ether oxygens (including phenoxy) is 2. The SMILES string of the molecule is C.C=C(C)C(=O)OCC(CO)CCCOc1ccc(-c2ccc(-c3ccc([Si](C)(C)CCCC)cc3)c(F)c2F)cc1. The Hall–Kier alpha value is -3.29. The Morgan fingerprint density at radius 1 is 0.929 bits per heavy atom. The second kappa shape index (κ2) is 16.4. The van der Waals surface area contributed by atoms with Crippen molar-refractivity contribution in [2.45, 2.75) is 66.1 Å². The molecule has 0 aliphatic carbocycles. The summed E-state index contributed by atoms with van der Waals surface area (Å²) in [5.41, 5.74) is 1.98. The average molecular weight is 597 g/mol. The number of carbonyl (C=O) groups is 1. The summed E-state index contributed by atoms with van der Waals surface area (Å²) in [7, 11) is -1.54. The minimum Gasteiger partial charge on any atom is -0.494 e. The van der Waals surface area contributed by atoms with Crippen LogP contribution in [0.5, 0.6) is 5.75 Å². The first-order chi connectivity index (χ1) is 19.6. The molecule has 0 aliphatic rings. The van der Waals surface area contributed by atoms with Gasteiger partial charge in [-0.15, -0.1) is 0 Å². The molecule has 0 fully saturated rings. The molecule has 0 spiro atoms. The van der Waals surface area contributed by atoms with Crippen LogP contribution in [0.2, 0.25) is 19.1 Å². The quantitative estimate of drug-likeness (QED) is 0.0827. The van der Waals surface area contributed by atoms with Crippen LogP contribution in [0, 0.1) is 17.6 Å². The maximum Gasteiger partial charge on any atom is 0.333 e. The summed E-state index contributed by atoms with van der Waals surface area (Å²) < 4.78 is 41.3. The second-order valence-electron chi connectivity index (χ2n) is 11.3. The minimum atomic E-state index is -1.54. The molecule has 1 N–H and O–H groups in total. The Bertz CT molecular complexity index is 1300. The van der Waals surface area contributed by atoms with E-state index >= 15 is 8.78 Å². The third-order valence-electron chi connectivity index (χ3n) is 7.46. The predicted octanol–water partition coefficient (Wildman–Crippen LogP) is 8.54. The van der Waals surface area contributed by atoms with Crippen molar-refractivity contribution in [3.63, 3.8) is 0 Å². The van der Waals surface area contributed by atoms with E-state index in [1.54, 1.807) is 43.3 Å². The third-order valence-corrected chi connectivity index (χ3v) is 11.0. The van der Waals surface area contributed by atoms with Gasteiger partial charge in [-0.25, -0.2) is 13.6 Å². The van der Waals surface area contributed by atoms with Crippen LogP contribution in [-0.4, -0.2) is 39.0 Å². The van der Waals surface area contributed by atoms with E-state index in [-0.39, 0.29) is 37.7 Å².